The lowest BCUT2D eigenvalue weighted by Gasteiger charge is -2.21. The van der Waals surface area contributed by atoms with Gasteiger partial charge in [-0.05, 0) is 50.3 Å². The number of nitrogens with one attached hydrogen (secondary N) is 1. The maximum Gasteiger partial charge on any atom is 0.186 e. The molecule has 2 heterocycles. The van der Waals surface area contributed by atoms with E-state index in [1.54, 1.807) is 18.2 Å². The average molecular weight is 439 g/mol. The summed E-state index contributed by atoms with van der Waals surface area (Å²) in [7, 11) is 0. The monoisotopic (exact) mass is 438 g/mol. The molecule has 3 aliphatic rings. The lowest BCUT2D eigenvalue weighted by atomic mass is 9.83. The van der Waals surface area contributed by atoms with Crippen molar-refractivity contribution in [3.8, 4) is 0 Å². The average Bonchev–Trinajstić information content (AvgIpc) is 3.00. The number of quaternary nitrogens is 1. The number of fused-ring (bicyclic) bond motifs is 4. The first-order valence-electron chi connectivity index (χ1n) is 11.3. The molecule has 1 N–H and O–H groups in total. The van der Waals surface area contributed by atoms with Gasteiger partial charge in [-0.15, -0.1) is 0 Å². The number of allylic oxidation sites excluding steroid dienone is 7. The molecule has 2 bridgehead atoms. The highest BCUT2D eigenvalue weighted by Crippen LogP contribution is 2.38. The van der Waals surface area contributed by atoms with Crippen LogP contribution in [0, 0.1) is 0 Å². The van der Waals surface area contributed by atoms with Gasteiger partial charge in [0.15, 0.2) is 5.78 Å². The summed E-state index contributed by atoms with van der Waals surface area (Å²) in [5, 5.41) is 0. The maximum absolute atomic E-state index is 12.5. The molecule has 1 aliphatic carbocycles. The number of carbonyl (C=O) groups excluding carboxylic acids is 1. The summed E-state index contributed by atoms with van der Waals surface area (Å²) >= 11 is 0. The van der Waals surface area contributed by atoms with Gasteiger partial charge in [-0.25, -0.2) is 0 Å². The first kappa shape index (κ1) is 22.7. The number of benzene rings is 1. The minimum atomic E-state index is -0.154. The SMILES string of the molecule is CC1(C)/C2=C\C=C3\C=C(C=CC3=O)OCCOCCOCCOCC[NH+]2c2ccccc21. The molecule has 6 nitrogen and oxygen atoms in total. The fraction of sp³-hybridized carbons (Fsp3) is 0.423. The van der Waals surface area contributed by atoms with Crippen molar-refractivity contribution < 1.29 is 28.6 Å². The largest absolute Gasteiger partial charge is 0.491 e. The van der Waals surface area contributed by atoms with Gasteiger partial charge in [0, 0.05) is 11.1 Å². The number of para-hydroxylation sites is 1. The van der Waals surface area contributed by atoms with Crippen LogP contribution in [0.5, 0.6) is 0 Å². The molecule has 0 saturated heterocycles. The van der Waals surface area contributed by atoms with E-state index in [0.29, 0.717) is 57.6 Å². The van der Waals surface area contributed by atoms with Crippen LogP contribution in [0.2, 0.25) is 0 Å². The first-order chi connectivity index (χ1) is 15.6. The second-order valence-corrected chi connectivity index (χ2v) is 8.53. The summed E-state index contributed by atoms with van der Waals surface area (Å²) in [5.41, 5.74) is 4.25. The maximum atomic E-state index is 12.5. The van der Waals surface area contributed by atoms with E-state index in [1.165, 1.54) is 21.8 Å². The molecular weight excluding hydrogens is 406 g/mol. The summed E-state index contributed by atoms with van der Waals surface area (Å²) in [6.07, 6.45) is 9.08. The van der Waals surface area contributed by atoms with Crippen molar-refractivity contribution >= 4 is 11.5 Å². The smallest absolute Gasteiger partial charge is 0.186 e. The molecule has 4 rings (SSSR count). The first-order valence-corrected chi connectivity index (χ1v) is 11.3. The van der Waals surface area contributed by atoms with Crippen molar-refractivity contribution in [2.45, 2.75) is 19.3 Å². The molecule has 170 valence electrons. The van der Waals surface area contributed by atoms with E-state index < -0.39 is 0 Å². The Morgan fingerprint density at radius 3 is 2.31 bits per heavy atom. The number of hydrogen-bond donors (Lipinski definition) is 1. The number of rotatable bonds is 0. The van der Waals surface area contributed by atoms with Gasteiger partial charge in [0.1, 0.15) is 30.3 Å². The van der Waals surface area contributed by atoms with Crippen molar-refractivity contribution in [1.29, 1.82) is 0 Å². The van der Waals surface area contributed by atoms with Crippen LogP contribution >= 0.6 is 0 Å². The number of ketones is 1. The molecule has 0 amide bonds. The molecule has 0 fully saturated rings. The minimum Gasteiger partial charge on any atom is -0.491 e. The molecule has 1 atom stereocenters. The summed E-state index contributed by atoms with van der Waals surface area (Å²) in [6.45, 7) is 8.92. The predicted molar refractivity (Wildman–Crippen MR) is 122 cm³/mol. The summed E-state index contributed by atoms with van der Waals surface area (Å²) in [6, 6.07) is 8.54. The topological polar surface area (TPSA) is 58.4 Å². The quantitative estimate of drug-likeness (QED) is 0.674. The van der Waals surface area contributed by atoms with Crippen molar-refractivity contribution in [1.82, 2.24) is 0 Å². The van der Waals surface area contributed by atoms with E-state index in [4.69, 9.17) is 18.9 Å². The van der Waals surface area contributed by atoms with Gasteiger partial charge in [0.2, 0.25) is 0 Å². The van der Waals surface area contributed by atoms with Gasteiger partial charge < -0.3 is 18.9 Å². The third-order valence-electron chi connectivity index (χ3n) is 6.07. The van der Waals surface area contributed by atoms with Gasteiger partial charge in [-0.1, -0.05) is 18.2 Å². The van der Waals surface area contributed by atoms with E-state index in [2.05, 4.69) is 44.2 Å². The Kier molecular flexibility index (Phi) is 7.37. The molecule has 1 aromatic rings. The van der Waals surface area contributed by atoms with Crippen molar-refractivity contribution in [2.24, 2.45) is 0 Å². The highest BCUT2D eigenvalue weighted by molar-refractivity contribution is 6.07. The van der Waals surface area contributed by atoms with Crippen molar-refractivity contribution in [3.05, 3.63) is 77.2 Å². The Hall–Kier alpha value is -2.51. The fourth-order valence-corrected chi connectivity index (χ4v) is 4.39. The van der Waals surface area contributed by atoms with Gasteiger partial charge in [0.05, 0.1) is 45.1 Å². The second kappa shape index (κ2) is 10.4. The Balaban J connectivity index is 1.64. The van der Waals surface area contributed by atoms with E-state index in [9.17, 15) is 4.79 Å². The summed E-state index contributed by atoms with van der Waals surface area (Å²) < 4.78 is 22.7. The van der Waals surface area contributed by atoms with Crippen LogP contribution < -0.4 is 4.90 Å². The molecule has 0 saturated carbocycles. The van der Waals surface area contributed by atoms with Crippen LogP contribution in [0.3, 0.4) is 0 Å². The fourth-order valence-electron chi connectivity index (χ4n) is 4.39. The van der Waals surface area contributed by atoms with Gasteiger partial charge in [-0.3, -0.25) is 9.69 Å². The van der Waals surface area contributed by atoms with Gasteiger partial charge in [0.25, 0.3) is 0 Å². The normalized spacial score (nSPS) is 27.8. The Morgan fingerprint density at radius 2 is 1.53 bits per heavy atom. The Bertz CT molecular complexity index is 957. The molecule has 0 spiro atoms. The zero-order valence-electron chi connectivity index (χ0n) is 18.9. The Morgan fingerprint density at radius 1 is 0.844 bits per heavy atom. The van der Waals surface area contributed by atoms with Gasteiger partial charge >= 0.3 is 0 Å². The number of ether oxygens (including phenoxy) is 4. The van der Waals surface area contributed by atoms with E-state index in [0.717, 1.165) is 6.54 Å². The Labute approximate surface area is 189 Å². The minimum absolute atomic E-state index is 0.0216. The molecule has 0 aromatic heterocycles. The van der Waals surface area contributed by atoms with Gasteiger partial charge in [-0.2, -0.15) is 0 Å². The van der Waals surface area contributed by atoms with E-state index in [1.807, 2.05) is 6.08 Å². The second-order valence-electron chi connectivity index (χ2n) is 8.53. The summed E-state index contributed by atoms with van der Waals surface area (Å²) in [5.74, 6) is 0.644. The molecule has 0 radical (unpaired) electrons. The highest BCUT2D eigenvalue weighted by atomic mass is 16.6. The predicted octanol–water partition coefficient (Wildman–Crippen LogP) is 2.41. The third-order valence-corrected chi connectivity index (χ3v) is 6.07. The van der Waals surface area contributed by atoms with Crippen LogP contribution in [0.1, 0.15) is 19.4 Å². The highest BCUT2D eigenvalue weighted by Gasteiger charge is 2.44. The molecular formula is C26H32NO5+. The number of hydrogen-bond acceptors (Lipinski definition) is 5. The van der Waals surface area contributed by atoms with Crippen molar-refractivity contribution in [2.75, 3.05) is 52.8 Å². The zero-order valence-corrected chi connectivity index (χ0v) is 18.9. The molecule has 1 unspecified atom stereocenters. The molecule has 32 heavy (non-hydrogen) atoms. The zero-order chi connectivity index (χ0) is 22.4. The van der Waals surface area contributed by atoms with Crippen LogP contribution in [0.25, 0.3) is 0 Å². The molecule has 1 aromatic carbocycles. The van der Waals surface area contributed by atoms with Crippen LogP contribution in [-0.4, -0.2) is 58.6 Å². The number of carbonyl (C=O) groups is 1. The van der Waals surface area contributed by atoms with E-state index >= 15 is 0 Å². The van der Waals surface area contributed by atoms with Crippen LogP contribution in [0.15, 0.2) is 71.7 Å². The van der Waals surface area contributed by atoms with Crippen LogP contribution in [-0.2, 0) is 29.2 Å². The molecule has 2 aliphatic heterocycles. The lowest BCUT2D eigenvalue weighted by molar-refractivity contribution is -0.789. The lowest BCUT2D eigenvalue weighted by Crippen LogP contribution is -3.05. The summed E-state index contributed by atoms with van der Waals surface area (Å²) in [4.78, 5) is 13.8. The standard InChI is InChI=1S/C26H31NO5/c1-26(2)22-5-3-4-6-23(22)27-11-12-29-13-14-30-15-16-31-17-18-32-21-8-9-24(28)20(19-21)7-10-25(26)27/h3-10,19H,11-18H2,1-2H3/p+1/b20-7-,25-10+. The van der Waals surface area contributed by atoms with E-state index in [-0.39, 0.29) is 11.2 Å². The third kappa shape index (κ3) is 5.10. The van der Waals surface area contributed by atoms with Crippen molar-refractivity contribution in [3.63, 3.8) is 0 Å². The molecule has 6 heteroatoms. The van der Waals surface area contributed by atoms with Crippen LogP contribution in [0.4, 0.5) is 5.69 Å².